The van der Waals surface area contributed by atoms with E-state index in [1.807, 2.05) is 78.9 Å². The van der Waals surface area contributed by atoms with Gasteiger partial charge in [0.05, 0.1) is 17.4 Å². The average Bonchev–Trinajstić information content (AvgIpc) is 3.09. The van der Waals surface area contributed by atoms with Gasteiger partial charge in [-0.05, 0) is 47.4 Å². The van der Waals surface area contributed by atoms with E-state index < -0.39 is 18.1 Å². The van der Waals surface area contributed by atoms with E-state index in [1.165, 1.54) is 11.1 Å². The highest BCUT2D eigenvalue weighted by Crippen LogP contribution is 2.38. The van der Waals surface area contributed by atoms with Crippen LogP contribution in [0.1, 0.15) is 46.8 Å². The summed E-state index contributed by atoms with van der Waals surface area (Å²) in [5.74, 6) is 0.769. The van der Waals surface area contributed by atoms with Crippen LogP contribution in [-0.2, 0) is 26.2 Å². The summed E-state index contributed by atoms with van der Waals surface area (Å²) >= 11 is 0. The van der Waals surface area contributed by atoms with E-state index in [2.05, 4.69) is 69.7 Å². The number of aliphatic hydroxyl groups is 1. The molecule has 0 radical (unpaired) electrons. The number of hydrogen-bond donors (Lipinski definition) is 2. The summed E-state index contributed by atoms with van der Waals surface area (Å²) in [6, 6.07) is 44.9. The van der Waals surface area contributed by atoms with Crippen LogP contribution in [0, 0.1) is 0 Å². The molecule has 2 atom stereocenters. The summed E-state index contributed by atoms with van der Waals surface area (Å²) in [5.41, 5.74) is 4.15. The molecule has 1 fully saturated rings. The molecule has 1 saturated heterocycles. The highest BCUT2D eigenvalue weighted by molar-refractivity contribution is 5.68. The van der Waals surface area contributed by atoms with Crippen LogP contribution in [0.25, 0.3) is 0 Å². The van der Waals surface area contributed by atoms with Gasteiger partial charge in [-0.1, -0.05) is 121 Å². The van der Waals surface area contributed by atoms with Gasteiger partial charge >= 0.3 is 0 Å². The van der Waals surface area contributed by atoms with Crippen LogP contribution in [0.5, 0.6) is 0 Å². The van der Waals surface area contributed by atoms with Crippen LogP contribution >= 0.6 is 0 Å². The second-order valence-electron chi connectivity index (χ2n) is 12.1. The molecule has 6 rings (SSSR count). The van der Waals surface area contributed by atoms with E-state index in [1.54, 1.807) is 0 Å². The number of halogens is 2. The maximum absolute atomic E-state index is 14.0. The van der Waals surface area contributed by atoms with Crippen molar-refractivity contribution in [2.75, 3.05) is 16.3 Å². The molecule has 236 valence electrons. The SMILES string of the molecule is O[C@]1(C(F)F)CCN[C@H](c2ccc(N(Cc3ccccc3)Cc3ccccc3)c(N(Cc3ccccc3)Cc3ccccc3)n2)C1. The van der Waals surface area contributed by atoms with Crippen LogP contribution < -0.4 is 15.1 Å². The molecule has 7 heteroatoms. The Balaban J connectivity index is 1.47. The largest absolute Gasteiger partial charge is 0.384 e. The molecule has 0 bridgehead atoms. The van der Waals surface area contributed by atoms with Crippen LogP contribution in [0.4, 0.5) is 20.3 Å². The van der Waals surface area contributed by atoms with Crippen molar-refractivity contribution in [3.8, 4) is 0 Å². The van der Waals surface area contributed by atoms with E-state index >= 15 is 0 Å². The van der Waals surface area contributed by atoms with Gasteiger partial charge < -0.3 is 20.2 Å². The van der Waals surface area contributed by atoms with Gasteiger partial charge in [0.25, 0.3) is 6.43 Å². The third-order valence-electron chi connectivity index (χ3n) is 8.65. The third-order valence-corrected chi connectivity index (χ3v) is 8.65. The van der Waals surface area contributed by atoms with Crippen molar-refractivity contribution in [2.24, 2.45) is 0 Å². The topological polar surface area (TPSA) is 51.6 Å². The van der Waals surface area contributed by atoms with Gasteiger partial charge in [-0.15, -0.1) is 0 Å². The second-order valence-corrected chi connectivity index (χ2v) is 12.1. The Morgan fingerprint density at radius 3 is 1.52 bits per heavy atom. The van der Waals surface area contributed by atoms with Crippen LogP contribution in [0.2, 0.25) is 0 Å². The summed E-state index contributed by atoms with van der Waals surface area (Å²) in [4.78, 5) is 9.89. The lowest BCUT2D eigenvalue weighted by atomic mass is 9.86. The Labute approximate surface area is 270 Å². The van der Waals surface area contributed by atoms with Gasteiger partial charge in [0, 0.05) is 32.6 Å². The van der Waals surface area contributed by atoms with Crippen molar-refractivity contribution in [2.45, 2.75) is 57.1 Å². The average molecular weight is 619 g/mol. The molecule has 0 saturated carbocycles. The first-order chi connectivity index (χ1) is 22.5. The Kier molecular flexibility index (Phi) is 10.0. The van der Waals surface area contributed by atoms with Crippen molar-refractivity contribution < 1.29 is 13.9 Å². The highest BCUT2D eigenvalue weighted by atomic mass is 19.3. The quantitative estimate of drug-likeness (QED) is 0.149. The van der Waals surface area contributed by atoms with E-state index in [9.17, 15) is 13.9 Å². The van der Waals surface area contributed by atoms with Crippen LogP contribution in [0.15, 0.2) is 133 Å². The van der Waals surface area contributed by atoms with Crippen LogP contribution in [-0.4, -0.2) is 28.7 Å². The number of hydrogen-bond acceptors (Lipinski definition) is 5. The minimum atomic E-state index is -2.82. The molecule has 0 unspecified atom stereocenters. The van der Waals surface area contributed by atoms with Crippen LogP contribution in [0.3, 0.4) is 0 Å². The molecular weight excluding hydrogens is 578 g/mol. The normalized spacial score (nSPS) is 18.0. The number of nitrogens with one attached hydrogen (secondary N) is 1. The lowest BCUT2D eigenvalue weighted by molar-refractivity contribution is -0.120. The van der Waals surface area contributed by atoms with Gasteiger partial charge in [0.15, 0.2) is 5.82 Å². The molecule has 1 aromatic heterocycles. The number of benzene rings is 4. The molecule has 0 aliphatic carbocycles. The molecule has 5 nitrogen and oxygen atoms in total. The van der Waals surface area contributed by atoms with Gasteiger partial charge in [-0.2, -0.15) is 0 Å². The van der Waals surface area contributed by atoms with Crippen molar-refractivity contribution in [3.05, 3.63) is 161 Å². The third kappa shape index (κ3) is 7.79. The number of alkyl halides is 2. The van der Waals surface area contributed by atoms with Crippen molar-refractivity contribution in [3.63, 3.8) is 0 Å². The van der Waals surface area contributed by atoms with E-state index in [4.69, 9.17) is 4.98 Å². The van der Waals surface area contributed by atoms with E-state index in [-0.39, 0.29) is 19.4 Å². The molecule has 1 aliphatic rings. The summed E-state index contributed by atoms with van der Waals surface area (Å²) in [5, 5.41) is 14.1. The van der Waals surface area contributed by atoms with Gasteiger partial charge in [0.1, 0.15) is 5.60 Å². The second kappa shape index (κ2) is 14.7. The maximum atomic E-state index is 14.0. The lowest BCUT2D eigenvalue weighted by Crippen LogP contribution is -2.48. The van der Waals surface area contributed by atoms with Crippen molar-refractivity contribution in [1.29, 1.82) is 0 Å². The number of anilines is 2. The first-order valence-electron chi connectivity index (χ1n) is 15.9. The monoisotopic (exact) mass is 618 g/mol. The predicted octanol–water partition coefficient (Wildman–Crippen LogP) is 7.92. The summed E-state index contributed by atoms with van der Waals surface area (Å²) in [6.45, 7) is 2.80. The molecule has 0 amide bonds. The smallest absolute Gasteiger partial charge is 0.266 e. The van der Waals surface area contributed by atoms with Gasteiger partial charge in [-0.3, -0.25) is 0 Å². The molecule has 2 N–H and O–H groups in total. The molecule has 5 aromatic rings. The van der Waals surface area contributed by atoms with E-state index in [0.29, 0.717) is 31.9 Å². The zero-order valence-electron chi connectivity index (χ0n) is 25.9. The number of nitrogens with zero attached hydrogens (tertiary/aromatic N) is 3. The zero-order valence-corrected chi connectivity index (χ0v) is 25.9. The maximum Gasteiger partial charge on any atom is 0.266 e. The minimum Gasteiger partial charge on any atom is -0.384 e. The van der Waals surface area contributed by atoms with Gasteiger partial charge in [0.2, 0.25) is 0 Å². The lowest BCUT2D eigenvalue weighted by Gasteiger charge is -2.37. The first-order valence-corrected chi connectivity index (χ1v) is 15.9. The molecule has 2 heterocycles. The predicted molar refractivity (Wildman–Crippen MR) is 181 cm³/mol. The summed E-state index contributed by atoms with van der Waals surface area (Å²) < 4.78 is 27.9. The summed E-state index contributed by atoms with van der Waals surface area (Å²) in [7, 11) is 0. The molecule has 0 spiro atoms. The fourth-order valence-electron chi connectivity index (χ4n) is 6.17. The fraction of sp³-hybridized carbons (Fsp3) is 0.256. The number of aromatic nitrogens is 1. The minimum absolute atomic E-state index is 0.00216. The van der Waals surface area contributed by atoms with Crippen molar-refractivity contribution in [1.82, 2.24) is 10.3 Å². The number of piperidine rings is 1. The standard InChI is InChI=1S/C39H40F2N4O/c40-38(41)39(46)23-24-42-35(25-39)34-21-22-36(44(26-30-13-5-1-6-14-30)27-31-15-7-2-8-16-31)37(43-34)45(28-32-17-9-3-10-18-32)29-33-19-11-4-12-20-33/h1-22,35,38,42,46H,23-29H2/t35-,39+/m0/s1. The molecular formula is C39H40F2N4O. The fourth-order valence-corrected chi connectivity index (χ4v) is 6.17. The molecule has 4 aromatic carbocycles. The molecule has 1 aliphatic heterocycles. The number of rotatable bonds is 12. The summed E-state index contributed by atoms with van der Waals surface area (Å²) in [6.07, 6.45) is -2.93. The zero-order chi connectivity index (χ0) is 31.8. The Morgan fingerprint density at radius 1 is 0.652 bits per heavy atom. The Morgan fingerprint density at radius 2 is 1.09 bits per heavy atom. The molecule has 46 heavy (non-hydrogen) atoms. The Bertz CT molecular complexity index is 1570. The number of pyridine rings is 1. The van der Waals surface area contributed by atoms with E-state index in [0.717, 1.165) is 22.6 Å². The van der Waals surface area contributed by atoms with Gasteiger partial charge in [-0.25, -0.2) is 13.8 Å². The first kappa shape index (κ1) is 31.4. The van der Waals surface area contributed by atoms with Crippen molar-refractivity contribution >= 4 is 11.5 Å². The Hall–Kier alpha value is -4.59. The highest BCUT2D eigenvalue weighted by Gasteiger charge is 2.43.